The van der Waals surface area contributed by atoms with Crippen molar-refractivity contribution in [2.24, 2.45) is 0 Å². The third kappa shape index (κ3) is 6.87. The van der Waals surface area contributed by atoms with Gasteiger partial charge in [-0.25, -0.2) is 0 Å². The maximum atomic E-state index is 8.82. The molecule has 0 spiro atoms. The van der Waals surface area contributed by atoms with Gasteiger partial charge in [-0.15, -0.1) is 0 Å². The normalized spacial score (nSPS) is 13.6. The monoisotopic (exact) mass is 721 g/mol. The Morgan fingerprint density at radius 2 is 0.909 bits per heavy atom. The van der Waals surface area contributed by atoms with Crippen LogP contribution in [-0.2, 0) is 16.2 Å². The first-order chi connectivity index (χ1) is 28.4. The fourth-order valence-corrected chi connectivity index (χ4v) is 7.70. The fraction of sp³-hybridized carbons (Fsp3) is 0.208. The maximum absolute atomic E-state index is 8.82. The van der Waals surface area contributed by atoms with E-state index in [2.05, 4.69) is 180 Å². The van der Waals surface area contributed by atoms with Gasteiger partial charge in [-0.2, -0.15) is 0 Å². The summed E-state index contributed by atoms with van der Waals surface area (Å²) in [6, 6.07) is 47.9. The minimum Gasteiger partial charge on any atom is -0.310 e. The molecule has 0 saturated carbocycles. The number of anilines is 3. The van der Waals surface area contributed by atoms with Crippen molar-refractivity contribution in [3.63, 3.8) is 0 Å². The molecule has 0 aliphatic carbocycles. The molecule has 0 fully saturated rings. The Kier molecular flexibility index (Phi) is 7.63. The van der Waals surface area contributed by atoms with E-state index in [1.54, 1.807) is 0 Å². The van der Waals surface area contributed by atoms with Crippen LogP contribution in [-0.4, -0.2) is 4.57 Å². The molecule has 1 aromatic heterocycles. The van der Waals surface area contributed by atoms with E-state index in [0.29, 0.717) is 5.56 Å². The number of aromatic nitrogens is 1. The van der Waals surface area contributed by atoms with Crippen LogP contribution in [0.4, 0.5) is 17.1 Å². The Hall–Kier alpha value is -5.86. The molecule has 0 aliphatic rings. The maximum Gasteiger partial charge on any atom is 0.0629 e. The summed E-state index contributed by atoms with van der Waals surface area (Å²) < 4.78 is 45.0. The minimum atomic E-state index is -0.402. The Bertz CT molecular complexity index is 2790. The first kappa shape index (κ1) is 30.5. The highest BCUT2D eigenvalue weighted by molar-refractivity contribution is 6.12. The van der Waals surface area contributed by atoms with Gasteiger partial charge in [0.25, 0.3) is 0 Å². The second-order valence-corrected chi connectivity index (χ2v) is 17.2. The van der Waals surface area contributed by atoms with Gasteiger partial charge in [0, 0.05) is 38.9 Å². The van der Waals surface area contributed by atoms with Crippen LogP contribution in [0.5, 0.6) is 0 Å². The van der Waals surface area contributed by atoms with Crippen LogP contribution in [0.2, 0.25) is 0 Å². The Balaban J connectivity index is 1.36. The van der Waals surface area contributed by atoms with Gasteiger partial charge in [0.05, 0.1) is 17.9 Å². The van der Waals surface area contributed by atoms with Gasteiger partial charge in [0.1, 0.15) is 0 Å². The molecule has 0 saturated heterocycles. The summed E-state index contributed by atoms with van der Waals surface area (Å²) in [5.41, 5.74) is 11.5. The van der Waals surface area contributed by atoms with Crippen LogP contribution < -0.4 is 4.90 Å². The lowest BCUT2D eigenvalue weighted by atomic mass is 9.78. The van der Waals surface area contributed by atoms with E-state index >= 15 is 0 Å². The Morgan fingerprint density at radius 1 is 0.436 bits per heavy atom. The van der Waals surface area contributed by atoms with Crippen molar-refractivity contribution in [3.8, 4) is 16.8 Å². The summed E-state index contributed by atoms with van der Waals surface area (Å²) in [7, 11) is 0. The Morgan fingerprint density at radius 3 is 1.45 bits per heavy atom. The SMILES string of the molecule is [2H]c1c([2H])c([2H])c(-c2ccc3c(c2)c2cc(N(c4ccc(C(C)(C)C)cc4)c4ccc(C(C)(C)C)cc4)ccc2n3-c2ccc(C(C)(C)c3ccccc3)cc2)c([2H])c1[2H]. The van der Waals surface area contributed by atoms with Crippen molar-refractivity contribution in [2.45, 2.75) is 71.6 Å². The molecule has 274 valence electrons. The molecule has 7 aromatic carbocycles. The molecule has 0 aliphatic heterocycles. The smallest absolute Gasteiger partial charge is 0.0629 e. The third-order valence-corrected chi connectivity index (χ3v) is 11.1. The van der Waals surface area contributed by atoms with Crippen LogP contribution in [0.25, 0.3) is 38.6 Å². The average Bonchev–Trinajstić information content (AvgIpc) is 3.55. The van der Waals surface area contributed by atoms with E-state index in [0.717, 1.165) is 44.6 Å². The summed E-state index contributed by atoms with van der Waals surface area (Å²) >= 11 is 0. The summed E-state index contributed by atoms with van der Waals surface area (Å²) in [5.74, 6) is 0. The van der Waals surface area contributed by atoms with Crippen LogP contribution in [0.15, 0.2) is 170 Å². The molecule has 2 nitrogen and oxygen atoms in total. The van der Waals surface area contributed by atoms with Crippen molar-refractivity contribution in [1.82, 2.24) is 4.57 Å². The molecule has 0 bridgehead atoms. The molecule has 8 aromatic rings. The van der Waals surface area contributed by atoms with Gasteiger partial charge in [0.2, 0.25) is 0 Å². The fourth-order valence-electron chi connectivity index (χ4n) is 7.70. The topological polar surface area (TPSA) is 8.17 Å². The van der Waals surface area contributed by atoms with Crippen LogP contribution in [0.1, 0.15) is 84.5 Å². The first-order valence-corrected chi connectivity index (χ1v) is 19.2. The molecule has 8 rings (SSSR count). The third-order valence-electron chi connectivity index (χ3n) is 11.1. The van der Waals surface area contributed by atoms with Crippen LogP contribution in [0.3, 0.4) is 0 Å². The van der Waals surface area contributed by atoms with E-state index in [-0.39, 0.29) is 46.0 Å². The molecule has 0 radical (unpaired) electrons. The number of hydrogen-bond acceptors (Lipinski definition) is 1. The zero-order chi connectivity index (χ0) is 42.9. The van der Waals surface area contributed by atoms with Crippen molar-refractivity contribution in [1.29, 1.82) is 0 Å². The molecule has 0 N–H and O–H groups in total. The van der Waals surface area contributed by atoms with Crippen molar-refractivity contribution < 1.29 is 6.85 Å². The van der Waals surface area contributed by atoms with E-state index in [9.17, 15) is 0 Å². The van der Waals surface area contributed by atoms with Crippen molar-refractivity contribution in [3.05, 3.63) is 192 Å². The quantitative estimate of drug-likeness (QED) is 0.159. The lowest BCUT2D eigenvalue weighted by Crippen LogP contribution is -2.18. The highest BCUT2D eigenvalue weighted by Gasteiger charge is 2.24. The number of benzene rings is 7. The van der Waals surface area contributed by atoms with E-state index < -0.39 is 6.04 Å². The van der Waals surface area contributed by atoms with Gasteiger partial charge in [-0.1, -0.05) is 158 Å². The molecule has 2 heteroatoms. The molecular formula is C53H52N2. The lowest BCUT2D eigenvalue weighted by Gasteiger charge is -2.28. The number of rotatable bonds is 7. The second-order valence-electron chi connectivity index (χ2n) is 17.2. The molecule has 0 atom stereocenters. The zero-order valence-electron chi connectivity index (χ0n) is 38.2. The minimum absolute atomic E-state index is 0.00589. The van der Waals surface area contributed by atoms with Crippen LogP contribution >= 0.6 is 0 Å². The van der Waals surface area contributed by atoms with E-state index in [1.807, 2.05) is 24.3 Å². The van der Waals surface area contributed by atoms with E-state index in [4.69, 9.17) is 6.85 Å². The summed E-state index contributed by atoms with van der Waals surface area (Å²) in [4.78, 5) is 2.29. The molecule has 1 heterocycles. The number of hydrogen-bond donors (Lipinski definition) is 0. The van der Waals surface area contributed by atoms with E-state index in [1.165, 1.54) is 22.3 Å². The summed E-state index contributed by atoms with van der Waals surface area (Å²) in [6.07, 6.45) is 0. The van der Waals surface area contributed by atoms with Crippen LogP contribution in [0, 0.1) is 0 Å². The molecule has 0 unspecified atom stereocenters. The highest BCUT2D eigenvalue weighted by atomic mass is 15.1. The highest BCUT2D eigenvalue weighted by Crippen LogP contribution is 2.42. The van der Waals surface area contributed by atoms with Crippen molar-refractivity contribution in [2.75, 3.05) is 4.90 Å². The zero-order valence-corrected chi connectivity index (χ0v) is 33.2. The molecule has 0 amide bonds. The summed E-state index contributed by atoms with van der Waals surface area (Å²) in [6.45, 7) is 17.9. The molecular weight excluding hydrogens is 665 g/mol. The van der Waals surface area contributed by atoms with Gasteiger partial charge >= 0.3 is 0 Å². The second kappa shape index (κ2) is 13.8. The van der Waals surface area contributed by atoms with Gasteiger partial charge < -0.3 is 9.47 Å². The number of fused-ring (bicyclic) bond motifs is 3. The average molecular weight is 722 g/mol. The molecule has 55 heavy (non-hydrogen) atoms. The van der Waals surface area contributed by atoms with Gasteiger partial charge in [0.15, 0.2) is 0 Å². The summed E-state index contributed by atoms with van der Waals surface area (Å²) in [5, 5.41) is 1.89. The number of nitrogens with zero attached hydrogens (tertiary/aromatic N) is 2. The predicted octanol–water partition coefficient (Wildman–Crippen LogP) is 14.8. The predicted molar refractivity (Wildman–Crippen MR) is 237 cm³/mol. The standard InChI is InChI=1S/C53H52N2/c1-51(2,3)39-20-26-43(27-21-39)54(44-28-22-40(23-29-44)52(4,5)6)46-32-34-50-48(36-46)47-35-38(37-15-11-9-12-16-37)19-33-49(47)55(50)45-30-24-42(25-31-45)53(7,8)41-17-13-10-14-18-41/h9-36H,1-8H3/i9D,11D,12D,15D,16D. The van der Waals surface area contributed by atoms with Gasteiger partial charge in [-0.05, 0) is 111 Å². The largest absolute Gasteiger partial charge is 0.310 e. The lowest BCUT2D eigenvalue weighted by molar-refractivity contribution is 0.590. The van der Waals surface area contributed by atoms with Gasteiger partial charge in [-0.3, -0.25) is 0 Å². The first-order valence-electron chi connectivity index (χ1n) is 21.7. The Labute approximate surface area is 334 Å². The van der Waals surface area contributed by atoms with Crippen molar-refractivity contribution >= 4 is 38.9 Å².